The summed E-state index contributed by atoms with van der Waals surface area (Å²) in [5.74, 6) is -0.725. The van der Waals surface area contributed by atoms with Gasteiger partial charge in [-0.3, -0.25) is 0 Å². The number of rotatable bonds is 3. The Morgan fingerprint density at radius 2 is 2.11 bits per heavy atom. The fourth-order valence-corrected chi connectivity index (χ4v) is 4.05. The van der Waals surface area contributed by atoms with Crippen molar-refractivity contribution in [2.24, 2.45) is 0 Å². The molecule has 1 aromatic carbocycles. The summed E-state index contributed by atoms with van der Waals surface area (Å²) < 4.78 is 45.4. The average Bonchev–Trinajstić information content (AvgIpc) is 2.38. The van der Waals surface area contributed by atoms with Gasteiger partial charge in [0.25, 0.3) is 0 Å². The molecule has 2 unspecified atom stereocenters. The molecule has 0 bridgehead atoms. The molecular weight excluding hydrogens is 337 g/mol. The number of halogens is 2. The van der Waals surface area contributed by atoms with E-state index < -0.39 is 15.8 Å². The zero-order valence-corrected chi connectivity index (χ0v) is 12.8. The normalized spacial score (nSPS) is 25.4. The maximum atomic E-state index is 13.7. The van der Waals surface area contributed by atoms with Crippen molar-refractivity contribution in [1.82, 2.24) is 4.31 Å². The first-order valence-corrected chi connectivity index (χ1v) is 8.47. The number of sulfonamides is 1. The van der Waals surface area contributed by atoms with Crippen molar-refractivity contribution in [1.29, 1.82) is 0 Å². The first kappa shape index (κ1) is 14.9. The highest BCUT2D eigenvalue weighted by Crippen LogP contribution is 2.23. The second kappa shape index (κ2) is 5.87. The zero-order valence-electron chi connectivity index (χ0n) is 10.4. The largest absolute Gasteiger partial charge is 0.372 e. The molecule has 1 saturated heterocycles. The Labute approximate surface area is 120 Å². The molecule has 0 aromatic heterocycles. The van der Waals surface area contributed by atoms with Crippen LogP contribution in [0, 0.1) is 5.82 Å². The summed E-state index contributed by atoms with van der Waals surface area (Å²) in [5.41, 5.74) is 0. The molecule has 19 heavy (non-hydrogen) atoms. The number of hydrogen-bond acceptors (Lipinski definition) is 3. The van der Waals surface area contributed by atoms with Gasteiger partial charge in [0.05, 0.1) is 12.2 Å². The molecule has 2 rings (SSSR count). The van der Waals surface area contributed by atoms with Crippen molar-refractivity contribution < 1.29 is 17.5 Å². The molecule has 106 valence electrons. The van der Waals surface area contributed by atoms with Crippen LogP contribution in [0.2, 0.25) is 0 Å². The number of ether oxygens (including phenoxy) is 1. The Bertz CT molecular complexity index is 552. The molecule has 1 aromatic rings. The van der Waals surface area contributed by atoms with Gasteiger partial charge in [0.2, 0.25) is 10.0 Å². The van der Waals surface area contributed by atoms with E-state index in [2.05, 4.69) is 15.9 Å². The minimum atomic E-state index is -3.81. The molecule has 7 heteroatoms. The fraction of sp³-hybridized carbons (Fsp3) is 0.500. The topological polar surface area (TPSA) is 46.6 Å². The van der Waals surface area contributed by atoms with E-state index in [1.165, 1.54) is 22.5 Å². The maximum absolute atomic E-state index is 13.7. The van der Waals surface area contributed by atoms with E-state index in [9.17, 15) is 12.8 Å². The summed E-state index contributed by atoms with van der Waals surface area (Å²) in [5, 5.41) is 0.542. The third-order valence-electron chi connectivity index (χ3n) is 2.92. The Hall–Kier alpha value is -0.500. The molecule has 1 aliphatic rings. The van der Waals surface area contributed by atoms with Crippen LogP contribution >= 0.6 is 15.9 Å². The van der Waals surface area contributed by atoms with E-state index in [4.69, 9.17) is 4.74 Å². The molecule has 4 nitrogen and oxygen atoms in total. The summed E-state index contributed by atoms with van der Waals surface area (Å²) in [4.78, 5) is -0.280. The Morgan fingerprint density at radius 1 is 1.42 bits per heavy atom. The van der Waals surface area contributed by atoms with Crippen LogP contribution in [-0.2, 0) is 14.8 Å². The third kappa shape index (κ3) is 3.16. The summed E-state index contributed by atoms with van der Waals surface area (Å²) in [6.45, 7) is 2.27. The van der Waals surface area contributed by atoms with Gasteiger partial charge >= 0.3 is 0 Å². The maximum Gasteiger partial charge on any atom is 0.246 e. The summed E-state index contributed by atoms with van der Waals surface area (Å²) in [6.07, 6.45) is -0.428. The lowest BCUT2D eigenvalue weighted by atomic mass is 10.3. The smallest absolute Gasteiger partial charge is 0.246 e. The lowest BCUT2D eigenvalue weighted by molar-refractivity contribution is -0.0411. The van der Waals surface area contributed by atoms with Crippen LogP contribution in [0.15, 0.2) is 29.2 Å². The summed E-state index contributed by atoms with van der Waals surface area (Å²) in [6, 6.07) is 5.42. The van der Waals surface area contributed by atoms with Crippen molar-refractivity contribution in [3.63, 3.8) is 0 Å². The number of hydrogen-bond donors (Lipinski definition) is 0. The lowest BCUT2D eigenvalue weighted by Gasteiger charge is -2.35. The van der Waals surface area contributed by atoms with Gasteiger partial charge < -0.3 is 4.74 Å². The summed E-state index contributed by atoms with van der Waals surface area (Å²) in [7, 11) is -3.81. The molecule has 0 saturated carbocycles. The highest BCUT2D eigenvalue weighted by molar-refractivity contribution is 9.09. The van der Waals surface area contributed by atoms with Gasteiger partial charge in [-0.25, -0.2) is 12.8 Å². The SMILES string of the molecule is CC1CN(S(=O)(=O)c2ccccc2F)CC(CBr)O1. The van der Waals surface area contributed by atoms with Crippen LogP contribution in [0.5, 0.6) is 0 Å². The van der Waals surface area contributed by atoms with Crippen molar-refractivity contribution >= 4 is 26.0 Å². The molecule has 0 N–H and O–H groups in total. The minimum Gasteiger partial charge on any atom is -0.372 e. The summed E-state index contributed by atoms with van der Waals surface area (Å²) >= 11 is 3.28. The number of benzene rings is 1. The first-order chi connectivity index (χ1) is 8.95. The van der Waals surface area contributed by atoms with Crippen LogP contribution in [0.1, 0.15) is 6.92 Å². The average molecular weight is 352 g/mol. The number of nitrogens with zero attached hydrogens (tertiary/aromatic N) is 1. The van der Waals surface area contributed by atoms with Gasteiger partial charge in [-0.1, -0.05) is 28.1 Å². The van der Waals surface area contributed by atoms with Gasteiger partial charge in [0.1, 0.15) is 10.7 Å². The van der Waals surface area contributed by atoms with Crippen molar-refractivity contribution in [2.75, 3.05) is 18.4 Å². The van der Waals surface area contributed by atoms with E-state index >= 15 is 0 Å². The van der Waals surface area contributed by atoms with Crippen LogP contribution in [-0.4, -0.2) is 43.4 Å². The van der Waals surface area contributed by atoms with Gasteiger partial charge in [-0.2, -0.15) is 4.31 Å². The molecule has 2 atom stereocenters. The number of alkyl halides is 1. The highest BCUT2D eigenvalue weighted by atomic mass is 79.9. The van der Waals surface area contributed by atoms with Crippen LogP contribution in [0.3, 0.4) is 0 Å². The van der Waals surface area contributed by atoms with E-state index in [0.29, 0.717) is 5.33 Å². The van der Waals surface area contributed by atoms with E-state index in [1.807, 2.05) is 0 Å². The molecule has 1 heterocycles. The fourth-order valence-electron chi connectivity index (χ4n) is 2.08. The Morgan fingerprint density at radius 3 is 2.74 bits per heavy atom. The molecular formula is C12H15BrFNO3S. The molecule has 0 amide bonds. The van der Waals surface area contributed by atoms with Crippen LogP contribution in [0.4, 0.5) is 4.39 Å². The Kier molecular flexibility index (Phi) is 4.60. The second-order valence-electron chi connectivity index (χ2n) is 4.48. The third-order valence-corrected chi connectivity index (χ3v) is 5.51. The van der Waals surface area contributed by atoms with Crippen LogP contribution in [0.25, 0.3) is 0 Å². The second-order valence-corrected chi connectivity index (χ2v) is 7.03. The number of morpholine rings is 1. The van der Waals surface area contributed by atoms with Crippen molar-refractivity contribution in [3.8, 4) is 0 Å². The highest BCUT2D eigenvalue weighted by Gasteiger charge is 2.34. The standard InChI is InChI=1S/C12H15BrFNO3S/c1-9-7-15(8-10(6-13)18-9)19(16,17)12-5-3-2-4-11(12)14/h2-5,9-10H,6-8H2,1H3. The van der Waals surface area contributed by atoms with E-state index in [-0.39, 0.29) is 30.2 Å². The van der Waals surface area contributed by atoms with Gasteiger partial charge in [0.15, 0.2) is 0 Å². The van der Waals surface area contributed by atoms with Gasteiger partial charge in [-0.15, -0.1) is 0 Å². The predicted molar refractivity (Wildman–Crippen MR) is 73.3 cm³/mol. The van der Waals surface area contributed by atoms with E-state index in [1.54, 1.807) is 6.92 Å². The zero-order chi connectivity index (χ0) is 14.0. The molecule has 0 spiro atoms. The molecule has 0 radical (unpaired) electrons. The monoisotopic (exact) mass is 351 g/mol. The van der Waals surface area contributed by atoms with Crippen molar-refractivity contribution in [2.45, 2.75) is 24.0 Å². The lowest BCUT2D eigenvalue weighted by Crippen LogP contribution is -2.49. The van der Waals surface area contributed by atoms with Crippen molar-refractivity contribution in [3.05, 3.63) is 30.1 Å². The quantitative estimate of drug-likeness (QED) is 0.782. The predicted octanol–water partition coefficient (Wildman–Crippen LogP) is 2.00. The Balaban J connectivity index is 2.32. The van der Waals surface area contributed by atoms with Gasteiger partial charge in [-0.05, 0) is 19.1 Å². The first-order valence-electron chi connectivity index (χ1n) is 5.91. The minimum absolute atomic E-state index is 0.210. The molecule has 1 aliphatic heterocycles. The molecule has 1 fully saturated rings. The van der Waals surface area contributed by atoms with E-state index in [0.717, 1.165) is 6.07 Å². The van der Waals surface area contributed by atoms with Crippen LogP contribution < -0.4 is 0 Å². The molecule has 0 aliphatic carbocycles. The van der Waals surface area contributed by atoms with Gasteiger partial charge in [0, 0.05) is 18.4 Å².